The maximum absolute atomic E-state index is 11.7. The van der Waals surface area contributed by atoms with Crippen molar-refractivity contribution >= 4 is 17.5 Å². The number of amides is 1. The smallest absolute Gasteiger partial charge is 0.254 e. The fourth-order valence-corrected chi connectivity index (χ4v) is 1.40. The van der Waals surface area contributed by atoms with Gasteiger partial charge in [0.15, 0.2) is 0 Å². The Hall–Kier alpha value is -1.13. The van der Waals surface area contributed by atoms with Gasteiger partial charge in [-0.2, -0.15) is 0 Å². The van der Waals surface area contributed by atoms with Crippen molar-refractivity contribution in [2.75, 3.05) is 13.7 Å². The van der Waals surface area contributed by atoms with Crippen LogP contribution in [0.5, 0.6) is 0 Å². The number of carbonyl (C=O) groups is 1. The van der Waals surface area contributed by atoms with Crippen molar-refractivity contribution in [1.29, 1.82) is 0 Å². The Bertz CT molecular complexity index is 382. The highest BCUT2D eigenvalue weighted by molar-refractivity contribution is 6.33. The Balaban J connectivity index is 2.66. The molecule has 0 aliphatic rings. The van der Waals surface area contributed by atoms with Crippen LogP contribution in [0.1, 0.15) is 23.0 Å². The molecular formula is C11H15ClN2O2. The summed E-state index contributed by atoms with van der Waals surface area (Å²) >= 11 is 5.94. The first-order valence-electron chi connectivity index (χ1n) is 4.97. The summed E-state index contributed by atoms with van der Waals surface area (Å²) in [7, 11) is 1.59. The van der Waals surface area contributed by atoms with Crippen LogP contribution in [0.2, 0.25) is 5.02 Å². The molecule has 0 saturated carbocycles. The zero-order valence-corrected chi connectivity index (χ0v) is 10.3. The molecule has 1 N–H and O–H groups in total. The van der Waals surface area contributed by atoms with E-state index in [1.165, 1.54) is 6.20 Å². The molecule has 0 aliphatic heterocycles. The lowest BCUT2D eigenvalue weighted by atomic mass is 10.2. The Morgan fingerprint density at radius 3 is 2.94 bits per heavy atom. The second kappa shape index (κ2) is 5.82. The fraction of sp³-hybridized carbons (Fsp3) is 0.455. The van der Waals surface area contributed by atoms with Gasteiger partial charge in [-0.05, 0) is 19.9 Å². The number of aromatic nitrogens is 1. The Morgan fingerprint density at radius 2 is 2.38 bits per heavy atom. The minimum atomic E-state index is -0.235. The number of hydrogen-bond donors (Lipinski definition) is 1. The van der Waals surface area contributed by atoms with Crippen LogP contribution in [0.3, 0.4) is 0 Å². The molecule has 5 heteroatoms. The zero-order chi connectivity index (χ0) is 12.1. The predicted molar refractivity (Wildman–Crippen MR) is 62.8 cm³/mol. The maximum Gasteiger partial charge on any atom is 0.254 e. The minimum Gasteiger partial charge on any atom is -0.380 e. The van der Waals surface area contributed by atoms with Gasteiger partial charge in [0, 0.05) is 25.5 Å². The zero-order valence-electron chi connectivity index (χ0n) is 9.58. The molecule has 1 amide bonds. The molecule has 88 valence electrons. The highest BCUT2D eigenvalue weighted by Gasteiger charge is 2.11. The summed E-state index contributed by atoms with van der Waals surface area (Å²) in [6.45, 7) is 4.13. The molecule has 1 rings (SSSR count). The topological polar surface area (TPSA) is 51.2 Å². The molecule has 0 bridgehead atoms. The number of halogens is 1. The Kier molecular flexibility index (Phi) is 4.71. The molecule has 0 aliphatic carbocycles. The normalized spacial score (nSPS) is 12.2. The number of methoxy groups -OCH3 is 1. The highest BCUT2D eigenvalue weighted by atomic mass is 35.5. The summed E-state index contributed by atoms with van der Waals surface area (Å²) in [6, 6.07) is 1.66. The summed E-state index contributed by atoms with van der Waals surface area (Å²) < 4.78 is 5.02. The Labute approximate surface area is 100.0 Å². The van der Waals surface area contributed by atoms with Crippen LogP contribution in [0.4, 0.5) is 0 Å². The van der Waals surface area contributed by atoms with Crippen molar-refractivity contribution in [3.63, 3.8) is 0 Å². The first-order chi connectivity index (χ1) is 7.54. The molecule has 0 spiro atoms. The Morgan fingerprint density at radius 1 is 1.69 bits per heavy atom. The first kappa shape index (κ1) is 12.9. The van der Waals surface area contributed by atoms with Crippen molar-refractivity contribution in [2.24, 2.45) is 0 Å². The van der Waals surface area contributed by atoms with Crippen LogP contribution in [0.15, 0.2) is 12.3 Å². The molecule has 16 heavy (non-hydrogen) atoms. The molecular weight excluding hydrogens is 228 g/mol. The summed E-state index contributed by atoms with van der Waals surface area (Å²) in [5, 5.41) is 3.13. The molecule has 0 fully saturated rings. The van der Waals surface area contributed by atoms with E-state index < -0.39 is 0 Å². The number of ether oxygens (including phenoxy) is 1. The van der Waals surface area contributed by atoms with Crippen LogP contribution in [-0.4, -0.2) is 30.6 Å². The van der Waals surface area contributed by atoms with E-state index in [0.717, 1.165) is 5.69 Å². The van der Waals surface area contributed by atoms with Crippen LogP contribution >= 0.6 is 11.6 Å². The molecule has 4 nitrogen and oxygen atoms in total. The number of nitrogens with zero attached hydrogens (tertiary/aromatic N) is 1. The lowest BCUT2D eigenvalue weighted by Gasteiger charge is -2.11. The summed E-state index contributed by atoms with van der Waals surface area (Å²) in [5.41, 5.74) is 1.17. The number of rotatable bonds is 4. The second-order valence-corrected chi connectivity index (χ2v) is 3.97. The van der Waals surface area contributed by atoms with E-state index in [9.17, 15) is 4.79 Å². The van der Waals surface area contributed by atoms with E-state index in [2.05, 4.69) is 10.3 Å². The average Bonchev–Trinajstić information content (AvgIpc) is 2.25. The quantitative estimate of drug-likeness (QED) is 0.876. The first-order valence-corrected chi connectivity index (χ1v) is 5.35. The molecule has 1 heterocycles. The van der Waals surface area contributed by atoms with Crippen molar-refractivity contribution < 1.29 is 9.53 Å². The average molecular weight is 243 g/mol. The van der Waals surface area contributed by atoms with Gasteiger partial charge in [-0.1, -0.05) is 11.6 Å². The van der Waals surface area contributed by atoms with Gasteiger partial charge in [0.25, 0.3) is 5.91 Å². The lowest BCUT2D eigenvalue weighted by molar-refractivity contribution is 0.0870. The van der Waals surface area contributed by atoms with Gasteiger partial charge in [-0.3, -0.25) is 9.78 Å². The SMILES string of the molecule is COC(C)CNC(=O)c1cnc(C)cc1Cl. The predicted octanol–water partition coefficient (Wildman–Crippen LogP) is 1.81. The van der Waals surface area contributed by atoms with E-state index in [0.29, 0.717) is 17.1 Å². The monoisotopic (exact) mass is 242 g/mol. The lowest BCUT2D eigenvalue weighted by Crippen LogP contribution is -2.31. The third-order valence-corrected chi connectivity index (χ3v) is 2.50. The summed E-state index contributed by atoms with van der Waals surface area (Å²) in [5.74, 6) is -0.235. The molecule has 1 unspecified atom stereocenters. The van der Waals surface area contributed by atoms with Gasteiger partial charge in [0.1, 0.15) is 0 Å². The van der Waals surface area contributed by atoms with E-state index in [1.807, 2.05) is 13.8 Å². The minimum absolute atomic E-state index is 0.0267. The van der Waals surface area contributed by atoms with E-state index in [1.54, 1.807) is 13.2 Å². The number of nitrogens with one attached hydrogen (secondary N) is 1. The van der Waals surface area contributed by atoms with Gasteiger partial charge in [0.2, 0.25) is 0 Å². The summed E-state index contributed by atoms with van der Waals surface area (Å²) in [6.07, 6.45) is 1.45. The number of hydrogen-bond acceptors (Lipinski definition) is 3. The van der Waals surface area contributed by atoms with Crippen LogP contribution in [0, 0.1) is 6.92 Å². The number of pyridine rings is 1. The van der Waals surface area contributed by atoms with Crippen molar-refractivity contribution in [2.45, 2.75) is 20.0 Å². The maximum atomic E-state index is 11.7. The van der Waals surface area contributed by atoms with Gasteiger partial charge >= 0.3 is 0 Å². The summed E-state index contributed by atoms with van der Waals surface area (Å²) in [4.78, 5) is 15.7. The van der Waals surface area contributed by atoms with Gasteiger partial charge in [-0.25, -0.2) is 0 Å². The fourth-order valence-electron chi connectivity index (χ4n) is 1.11. The molecule has 1 atom stereocenters. The van der Waals surface area contributed by atoms with Crippen LogP contribution in [0.25, 0.3) is 0 Å². The van der Waals surface area contributed by atoms with E-state index in [4.69, 9.17) is 16.3 Å². The molecule has 1 aromatic rings. The number of aryl methyl sites for hydroxylation is 1. The van der Waals surface area contributed by atoms with Crippen molar-refractivity contribution in [1.82, 2.24) is 10.3 Å². The van der Waals surface area contributed by atoms with Gasteiger partial charge in [0.05, 0.1) is 16.7 Å². The highest BCUT2D eigenvalue weighted by Crippen LogP contribution is 2.15. The molecule has 0 aromatic carbocycles. The molecule has 1 aromatic heterocycles. The van der Waals surface area contributed by atoms with Gasteiger partial charge in [-0.15, -0.1) is 0 Å². The van der Waals surface area contributed by atoms with Crippen molar-refractivity contribution in [3.8, 4) is 0 Å². The molecule has 0 radical (unpaired) electrons. The van der Waals surface area contributed by atoms with Crippen LogP contribution < -0.4 is 5.32 Å². The van der Waals surface area contributed by atoms with Crippen LogP contribution in [-0.2, 0) is 4.74 Å². The third-order valence-electron chi connectivity index (χ3n) is 2.19. The van der Waals surface area contributed by atoms with Gasteiger partial charge < -0.3 is 10.1 Å². The third kappa shape index (κ3) is 3.47. The van der Waals surface area contributed by atoms with E-state index >= 15 is 0 Å². The molecule has 0 saturated heterocycles. The largest absolute Gasteiger partial charge is 0.380 e. The second-order valence-electron chi connectivity index (χ2n) is 3.56. The standard InChI is InChI=1S/C11H15ClN2O2/c1-7-4-10(12)9(6-13-7)11(15)14-5-8(2)16-3/h4,6,8H,5H2,1-3H3,(H,14,15). The van der Waals surface area contributed by atoms with Crippen molar-refractivity contribution in [3.05, 3.63) is 28.5 Å². The number of carbonyl (C=O) groups excluding carboxylic acids is 1. The van der Waals surface area contributed by atoms with E-state index in [-0.39, 0.29) is 12.0 Å².